The minimum atomic E-state index is -3.84. The highest BCUT2D eigenvalue weighted by Crippen LogP contribution is 2.24. The summed E-state index contributed by atoms with van der Waals surface area (Å²) in [5, 5.41) is 3.57. The van der Waals surface area contributed by atoms with Crippen LogP contribution in [0.15, 0.2) is 65.6 Å². The van der Waals surface area contributed by atoms with Gasteiger partial charge in [-0.25, -0.2) is 8.42 Å². The zero-order valence-corrected chi connectivity index (χ0v) is 21.2. The van der Waals surface area contributed by atoms with Crippen LogP contribution in [0.5, 0.6) is 0 Å². The van der Waals surface area contributed by atoms with Crippen LogP contribution < -0.4 is 10.0 Å². The molecular formula is C25H27ClN2O3S2. The Bertz CT molecular complexity index is 1260. The molecule has 0 unspecified atom stereocenters. The molecule has 0 aromatic heterocycles. The van der Waals surface area contributed by atoms with E-state index in [1.54, 1.807) is 36.9 Å². The van der Waals surface area contributed by atoms with E-state index < -0.39 is 10.0 Å². The number of hydrogen-bond donors (Lipinski definition) is 2. The van der Waals surface area contributed by atoms with E-state index in [9.17, 15) is 13.2 Å². The summed E-state index contributed by atoms with van der Waals surface area (Å²) in [6.07, 6.45) is 0. The number of anilines is 1. The quantitative estimate of drug-likeness (QED) is 0.366. The first-order valence-electron chi connectivity index (χ1n) is 10.5. The minimum Gasteiger partial charge on any atom is -0.351 e. The molecule has 2 N–H and O–H groups in total. The third-order valence-corrected chi connectivity index (χ3v) is 7.83. The molecule has 0 heterocycles. The Balaban J connectivity index is 1.61. The number of aryl methyl sites for hydroxylation is 3. The van der Waals surface area contributed by atoms with Crippen LogP contribution in [0.3, 0.4) is 0 Å². The summed E-state index contributed by atoms with van der Waals surface area (Å²) in [5.41, 5.74) is 4.41. The third-order valence-electron chi connectivity index (χ3n) is 5.06. The monoisotopic (exact) mass is 502 g/mol. The fourth-order valence-corrected chi connectivity index (χ4v) is 5.74. The highest BCUT2D eigenvalue weighted by molar-refractivity contribution is 7.98. The van der Waals surface area contributed by atoms with Crippen molar-refractivity contribution in [3.8, 4) is 0 Å². The summed E-state index contributed by atoms with van der Waals surface area (Å²) in [7, 11) is -3.84. The van der Waals surface area contributed by atoms with E-state index in [4.69, 9.17) is 11.6 Å². The number of rotatable bonds is 9. The first-order valence-corrected chi connectivity index (χ1v) is 13.5. The molecule has 3 aromatic rings. The van der Waals surface area contributed by atoms with Gasteiger partial charge >= 0.3 is 0 Å². The van der Waals surface area contributed by atoms with E-state index >= 15 is 0 Å². The fraction of sp³-hybridized carbons (Fsp3) is 0.240. The third kappa shape index (κ3) is 7.00. The summed E-state index contributed by atoms with van der Waals surface area (Å²) < 4.78 is 28.7. The lowest BCUT2D eigenvalue weighted by molar-refractivity contribution is 0.0956. The van der Waals surface area contributed by atoms with Gasteiger partial charge in [0, 0.05) is 28.6 Å². The lowest BCUT2D eigenvalue weighted by Crippen LogP contribution is -2.26. The molecule has 0 atom stereocenters. The number of benzene rings is 3. The molecule has 0 saturated heterocycles. The number of nitrogens with one attached hydrogen (secondary N) is 2. The molecule has 3 rings (SSSR count). The van der Waals surface area contributed by atoms with Crippen molar-refractivity contribution in [2.45, 2.75) is 31.4 Å². The molecule has 0 fully saturated rings. The molecule has 0 bridgehead atoms. The highest BCUT2D eigenvalue weighted by atomic mass is 35.5. The second-order valence-electron chi connectivity index (χ2n) is 7.84. The largest absolute Gasteiger partial charge is 0.351 e. The minimum absolute atomic E-state index is 0.0884. The van der Waals surface area contributed by atoms with Crippen molar-refractivity contribution < 1.29 is 13.2 Å². The van der Waals surface area contributed by atoms with Crippen LogP contribution in [-0.4, -0.2) is 26.6 Å². The number of sulfonamides is 1. The van der Waals surface area contributed by atoms with Gasteiger partial charge in [0.05, 0.1) is 10.6 Å². The van der Waals surface area contributed by atoms with Crippen molar-refractivity contribution in [3.63, 3.8) is 0 Å². The molecular weight excluding hydrogens is 476 g/mol. The predicted octanol–water partition coefficient (Wildman–Crippen LogP) is 5.73. The zero-order chi connectivity index (χ0) is 24.0. The lowest BCUT2D eigenvalue weighted by Gasteiger charge is -2.14. The molecule has 5 nitrogen and oxygen atoms in total. The van der Waals surface area contributed by atoms with Crippen LogP contribution in [0, 0.1) is 20.8 Å². The standard InChI is InChI=1S/C25H27ClN2O3S2/c1-17-7-10-23(19(3)13-17)28-33(30,31)24-15-21(9-8-18(24)2)25(29)27-11-12-32-16-20-5-4-6-22(26)14-20/h4-10,13-15,28H,11-12,16H2,1-3H3,(H,27,29). The van der Waals surface area contributed by atoms with Crippen LogP contribution in [0.2, 0.25) is 5.02 Å². The molecule has 1 amide bonds. The average Bonchev–Trinajstić information content (AvgIpc) is 2.75. The van der Waals surface area contributed by atoms with Crippen molar-refractivity contribution in [2.75, 3.05) is 17.0 Å². The maximum Gasteiger partial charge on any atom is 0.262 e. The Morgan fingerprint density at radius 2 is 1.76 bits per heavy atom. The van der Waals surface area contributed by atoms with Crippen molar-refractivity contribution in [1.29, 1.82) is 0 Å². The van der Waals surface area contributed by atoms with Gasteiger partial charge in [0.25, 0.3) is 15.9 Å². The first-order chi connectivity index (χ1) is 15.7. The van der Waals surface area contributed by atoms with Gasteiger partial charge in [-0.15, -0.1) is 0 Å². The number of thioether (sulfide) groups is 1. The number of halogens is 1. The molecule has 0 radical (unpaired) electrons. The first kappa shape index (κ1) is 25.1. The van der Waals surface area contributed by atoms with Crippen LogP contribution in [0.1, 0.15) is 32.6 Å². The zero-order valence-electron chi connectivity index (χ0n) is 18.8. The van der Waals surface area contributed by atoms with E-state index in [0.29, 0.717) is 28.4 Å². The predicted molar refractivity (Wildman–Crippen MR) is 138 cm³/mol. The normalized spacial score (nSPS) is 11.3. The Hall–Kier alpha value is -2.48. The summed E-state index contributed by atoms with van der Waals surface area (Å²) in [4.78, 5) is 12.7. The summed E-state index contributed by atoms with van der Waals surface area (Å²) in [6, 6.07) is 17.9. The Kier molecular flexibility index (Phi) is 8.46. The van der Waals surface area contributed by atoms with Gasteiger partial charge in [0.15, 0.2) is 0 Å². The Morgan fingerprint density at radius 3 is 2.48 bits per heavy atom. The molecule has 0 saturated carbocycles. The average molecular weight is 503 g/mol. The molecule has 0 spiro atoms. The Labute approximate surface area is 205 Å². The van der Waals surface area contributed by atoms with Gasteiger partial charge in [-0.1, -0.05) is 47.5 Å². The van der Waals surface area contributed by atoms with Gasteiger partial charge in [0.2, 0.25) is 0 Å². The van der Waals surface area contributed by atoms with E-state index in [1.807, 2.05) is 50.2 Å². The summed E-state index contributed by atoms with van der Waals surface area (Å²) >= 11 is 7.68. The van der Waals surface area contributed by atoms with Crippen LogP contribution in [0.4, 0.5) is 5.69 Å². The van der Waals surface area contributed by atoms with Crippen LogP contribution in [0.25, 0.3) is 0 Å². The summed E-state index contributed by atoms with van der Waals surface area (Å²) in [6.45, 7) is 5.99. The number of carbonyl (C=O) groups excluding carboxylic acids is 1. The fourth-order valence-electron chi connectivity index (χ4n) is 3.31. The van der Waals surface area contributed by atoms with Crippen molar-refractivity contribution in [2.24, 2.45) is 0 Å². The highest BCUT2D eigenvalue weighted by Gasteiger charge is 2.20. The van der Waals surface area contributed by atoms with E-state index in [-0.39, 0.29) is 10.8 Å². The Morgan fingerprint density at radius 1 is 0.970 bits per heavy atom. The SMILES string of the molecule is Cc1ccc(NS(=O)(=O)c2cc(C(=O)NCCSCc3cccc(Cl)c3)ccc2C)c(C)c1. The van der Waals surface area contributed by atoms with Gasteiger partial charge < -0.3 is 5.32 Å². The second-order valence-corrected chi connectivity index (χ2v) is 11.0. The number of amides is 1. The van der Waals surface area contributed by atoms with Crippen LogP contribution in [-0.2, 0) is 15.8 Å². The van der Waals surface area contributed by atoms with Gasteiger partial charge in [-0.2, -0.15) is 11.8 Å². The maximum atomic E-state index is 13.0. The van der Waals surface area contributed by atoms with E-state index in [2.05, 4.69) is 10.0 Å². The van der Waals surface area contributed by atoms with Gasteiger partial charge in [0.1, 0.15) is 0 Å². The lowest BCUT2D eigenvalue weighted by atomic mass is 10.1. The van der Waals surface area contributed by atoms with Crippen LogP contribution >= 0.6 is 23.4 Å². The van der Waals surface area contributed by atoms with E-state index in [1.165, 1.54) is 6.07 Å². The molecule has 0 aliphatic carbocycles. The van der Waals surface area contributed by atoms with Crippen molar-refractivity contribution in [3.05, 3.63) is 93.5 Å². The van der Waals surface area contributed by atoms with Gasteiger partial charge in [-0.3, -0.25) is 9.52 Å². The molecule has 0 aliphatic heterocycles. The number of hydrogen-bond acceptors (Lipinski definition) is 4. The molecule has 8 heteroatoms. The van der Waals surface area contributed by atoms with Crippen molar-refractivity contribution >= 4 is 45.0 Å². The second kappa shape index (κ2) is 11.1. The molecule has 33 heavy (non-hydrogen) atoms. The van der Waals surface area contributed by atoms with Crippen molar-refractivity contribution in [1.82, 2.24) is 5.32 Å². The maximum absolute atomic E-state index is 13.0. The number of carbonyl (C=O) groups is 1. The van der Waals surface area contributed by atoms with Gasteiger partial charge in [-0.05, 0) is 67.8 Å². The topological polar surface area (TPSA) is 75.3 Å². The smallest absolute Gasteiger partial charge is 0.262 e. The van der Waals surface area contributed by atoms with E-state index in [0.717, 1.165) is 28.2 Å². The summed E-state index contributed by atoms with van der Waals surface area (Å²) in [5.74, 6) is 1.22. The molecule has 3 aromatic carbocycles. The molecule has 174 valence electrons. The molecule has 0 aliphatic rings.